The van der Waals surface area contributed by atoms with Crippen molar-refractivity contribution in [3.63, 3.8) is 0 Å². The van der Waals surface area contributed by atoms with Gasteiger partial charge in [0.05, 0.1) is 11.3 Å². The molecule has 0 saturated heterocycles. The van der Waals surface area contributed by atoms with Crippen LogP contribution in [-0.2, 0) is 34.1 Å². The third kappa shape index (κ3) is 3.74. The number of aromatic nitrogens is 1. The zero-order valence-electron chi connectivity index (χ0n) is 14.8. The van der Waals surface area contributed by atoms with Crippen LogP contribution in [0.1, 0.15) is 29.5 Å². The molecular weight excluding hydrogens is 362 g/mol. The lowest BCUT2D eigenvalue weighted by atomic mass is 9.92. The zero-order chi connectivity index (χ0) is 18.9. The van der Waals surface area contributed by atoms with E-state index in [4.69, 9.17) is 0 Å². The van der Waals surface area contributed by atoms with Crippen LogP contribution in [0.15, 0.2) is 53.6 Å². The summed E-state index contributed by atoms with van der Waals surface area (Å²) in [5, 5.41) is 0.949. The Balaban J connectivity index is 1.43. The number of rotatable bonds is 5. The number of carbonyl (C=O) groups excluding carboxylic acids is 1. The number of hydrogen-bond donors (Lipinski definition) is 3. The lowest BCUT2D eigenvalue weighted by Crippen LogP contribution is -2.42. The molecule has 1 aliphatic rings. The summed E-state index contributed by atoms with van der Waals surface area (Å²) < 4.78 is 25.0. The summed E-state index contributed by atoms with van der Waals surface area (Å²) in [5.74, 6) is -0.415. The molecule has 0 saturated carbocycles. The zero-order valence-corrected chi connectivity index (χ0v) is 15.6. The number of sulfonamides is 1. The molecule has 0 fully saturated rings. The molecule has 6 nitrogen and oxygen atoms in total. The van der Waals surface area contributed by atoms with Gasteiger partial charge in [-0.2, -0.15) is 0 Å². The molecule has 0 atom stereocenters. The van der Waals surface area contributed by atoms with E-state index in [0.717, 1.165) is 47.7 Å². The predicted molar refractivity (Wildman–Crippen MR) is 104 cm³/mol. The van der Waals surface area contributed by atoms with Crippen LogP contribution in [0, 0.1) is 0 Å². The highest BCUT2D eigenvalue weighted by Crippen LogP contribution is 2.24. The van der Waals surface area contributed by atoms with Crippen molar-refractivity contribution in [1.29, 1.82) is 0 Å². The molecule has 2 aromatic carbocycles. The third-order valence-corrected chi connectivity index (χ3v) is 6.23. The van der Waals surface area contributed by atoms with Gasteiger partial charge < -0.3 is 4.98 Å². The fourth-order valence-corrected chi connectivity index (χ4v) is 4.47. The first-order chi connectivity index (χ1) is 13.0. The van der Waals surface area contributed by atoms with Crippen molar-refractivity contribution in [2.24, 2.45) is 0 Å². The van der Waals surface area contributed by atoms with Gasteiger partial charge in [0.15, 0.2) is 0 Å². The van der Waals surface area contributed by atoms with Gasteiger partial charge in [-0.15, -0.1) is 4.83 Å². The minimum Gasteiger partial charge on any atom is -0.361 e. The van der Waals surface area contributed by atoms with Crippen LogP contribution in [0.2, 0.25) is 0 Å². The Hall–Kier alpha value is -2.64. The first-order valence-electron chi connectivity index (χ1n) is 9.00. The quantitative estimate of drug-likeness (QED) is 0.592. The maximum atomic E-state index is 12.5. The number of hydrogen-bond acceptors (Lipinski definition) is 3. The number of aryl methyl sites for hydroxylation is 2. The smallest absolute Gasteiger partial charge is 0.257 e. The Labute approximate surface area is 158 Å². The molecule has 0 aliphatic heterocycles. The highest BCUT2D eigenvalue weighted by Gasteiger charge is 2.19. The van der Waals surface area contributed by atoms with E-state index in [9.17, 15) is 13.2 Å². The number of amides is 1. The third-order valence-electron chi connectivity index (χ3n) is 4.98. The van der Waals surface area contributed by atoms with Crippen LogP contribution in [0.25, 0.3) is 10.9 Å². The van der Waals surface area contributed by atoms with Crippen LogP contribution in [-0.4, -0.2) is 19.3 Å². The van der Waals surface area contributed by atoms with Crippen molar-refractivity contribution in [3.05, 3.63) is 65.4 Å². The highest BCUT2D eigenvalue weighted by molar-refractivity contribution is 7.89. The number of aromatic amines is 1. The van der Waals surface area contributed by atoms with Crippen molar-refractivity contribution in [1.82, 2.24) is 15.2 Å². The molecule has 3 aromatic rings. The molecule has 0 radical (unpaired) electrons. The highest BCUT2D eigenvalue weighted by atomic mass is 32.2. The van der Waals surface area contributed by atoms with Crippen LogP contribution in [0.4, 0.5) is 0 Å². The maximum absolute atomic E-state index is 12.5. The summed E-state index contributed by atoms with van der Waals surface area (Å²) in [6.45, 7) is 0. The van der Waals surface area contributed by atoms with E-state index in [1.807, 2.05) is 30.3 Å². The Morgan fingerprint density at radius 2 is 1.81 bits per heavy atom. The van der Waals surface area contributed by atoms with Gasteiger partial charge in [0, 0.05) is 17.1 Å². The molecule has 0 unspecified atom stereocenters. The second-order valence-electron chi connectivity index (χ2n) is 6.83. The van der Waals surface area contributed by atoms with Crippen molar-refractivity contribution in [2.75, 3.05) is 0 Å². The maximum Gasteiger partial charge on any atom is 0.257 e. The van der Waals surface area contributed by atoms with Crippen LogP contribution < -0.4 is 10.3 Å². The van der Waals surface area contributed by atoms with Gasteiger partial charge in [-0.25, -0.2) is 8.42 Å². The van der Waals surface area contributed by atoms with E-state index in [-0.39, 0.29) is 11.3 Å². The number of benzene rings is 2. The number of nitrogens with one attached hydrogen (secondary N) is 3. The number of fused-ring (bicyclic) bond motifs is 2. The van der Waals surface area contributed by atoms with E-state index in [2.05, 4.69) is 15.2 Å². The van der Waals surface area contributed by atoms with Crippen molar-refractivity contribution in [2.45, 2.75) is 37.0 Å². The average Bonchev–Trinajstić information content (AvgIpc) is 3.09. The first-order valence-corrected chi connectivity index (χ1v) is 10.5. The molecule has 4 rings (SSSR count). The molecule has 3 N–H and O–H groups in total. The second-order valence-corrected chi connectivity index (χ2v) is 8.51. The standard InChI is InChI=1S/C20H21N3O3S/c24-20(12-16-13-21-19-8-4-3-7-18(16)19)22-23-27(25,26)17-10-9-14-5-1-2-6-15(14)11-17/h3-4,7-11,13,21,23H,1-2,5-6,12H2,(H,22,24). The minimum atomic E-state index is -3.80. The molecule has 1 heterocycles. The van der Waals surface area contributed by atoms with Crippen LogP contribution in [0.5, 0.6) is 0 Å². The van der Waals surface area contributed by atoms with Crippen molar-refractivity contribution >= 4 is 26.8 Å². The molecule has 1 aromatic heterocycles. The number of para-hydroxylation sites is 1. The largest absolute Gasteiger partial charge is 0.361 e. The SMILES string of the molecule is O=C(Cc1c[nH]c2ccccc12)NNS(=O)(=O)c1ccc2c(c1)CCCC2. The number of H-pyrrole nitrogens is 1. The fraction of sp³-hybridized carbons (Fsp3) is 0.250. The fourth-order valence-electron chi connectivity index (χ4n) is 3.56. The second kappa shape index (κ2) is 7.17. The lowest BCUT2D eigenvalue weighted by Gasteiger charge is -2.17. The van der Waals surface area contributed by atoms with Gasteiger partial charge in [-0.3, -0.25) is 10.2 Å². The average molecular weight is 383 g/mol. The van der Waals surface area contributed by atoms with Gasteiger partial charge in [-0.1, -0.05) is 24.3 Å². The van der Waals surface area contributed by atoms with Gasteiger partial charge in [-0.05, 0) is 60.6 Å². The predicted octanol–water partition coefficient (Wildman–Crippen LogP) is 2.60. The van der Waals surface area contributed by atoms with E-state index >= 15 is 0 Å². The summed E-state index contributed by atoms with van der Waals surface area (Å²) in [4.78, 5) is 17.7. The van der Waals surface area contributed by atoms with Crippen molar-refractivity contribution in [3.8, 4) is 0 Å². The van der Waals surface area contributed by atoms with Gasteiger partial charge in [0.25, 0.3) is 10.0 Å². The monoisotopic (exact) mass is 383 g/mol. The van der Waals surface area contributed by atoms with Crippen LogP contribution >= 0.6 is 0 Å². The summed E-state index contributed by atoms with van der Waals surface area (Å²) in [6, 6.07) is 12.8. The Morgan fingerprint density at radius 1 is 1.04 bits per heavy atom. The molecule has 1 aliphatic carbocycles. The minimum absolute atomic E-state index is 0.0801. The Bertz CT molecular complexity index is 1100. The number of carbonyl (C=O) groups is 1. The van der Waals surface area contributed by atoms with Crippen molar-refractivity contribution < 1.29 is 13.2 Å². The normalized spacial score (nSPS) is 14.1. The molecule has 0 spiro atoms. The molecule has 7 heteroatoms. The Kier molecular flexibility index (Phi) is 4.72. The molecular formula is C20H21N3O3S. The van der Waals surface area contributed by atoms with Gasteiger partial charge >= 0.3 is 0 Å². The summed E-state index contributed by atoms with van der Waals surface area (Å²) >= 11 is 0. The van der Waals surface area contributed by atoms with Gasteiger partial charge in [0.2, 0.25) is 5.91 Å². The van der Waals surface area contributed by atoms with E-state index in [1.165, 1.54) is 5.56 Å². The lowest BCUT2D eigenvalue weighted by molar-refractivity contribution is -0.120. The molecule has 0 bridgehead atoms. The molecule has 27 heavy (non-hydrogen) atoms. The van der Waals surface area contributed by atoms with Crippen LogP contribution in [0.3, 0.4) is 0 Å². The van der Waals surface area contributed by atoms with E-state index in [1.54, 1.807) is 18.3 Å². The molecule has 1 amide bonds. The van der Waals surface area contributed by atoms with E-state index < -0.39 is 15.9 Å². The summed E-state index contributed by atoms with van der Waals surface area (Å²) in [7, 11) is -3.80. The van der Waals surface area contributed by atoms with Gasteiger partial charge in [0.1, 0.15) is 0 Å². The molecule has 140 valence electrons. The number of hydrazine groups is 1. The topological polar surface area (TPSA) is 91.1 Å². The first kappa shape index (κ1) is 17.8. The Morgan fingerprint density at radius 3 is 2.67 bits per heavy atom. The summed E-state index contributed by atoms with van der Waals surface area (Å²) in [6.07, 6.45) is 5.95. The summed E-state index contributed by atoms with van der Waals surface area (Å²) in [5.41, 5.74) is 6.36. The van der Waals surface area contributed by atoms with E-state index in [0.29, 0.717) is 0 Å².